The van der Waals surface area contributed by atoms with Gasteiger partial charge in [-0.1, -0.05) is 29.8 Å². The smallest absolute Gasteiger partial charge is 0.222 e. The van der Waals surface area contributed by atoms with Gasteiger partial charge >= 0.3 is 0 Å². The molecule has 1 saturated heterocycles. The van der Waals surface area contributed by atoms with Crippen LogP contribution in [0.3, 0.4) is 0 Å². The molecule has 0 aromatic heterocycles. The average Bonchev–Trinajstić information content (AvgIpc) is 2.83. The molecule has 1 amide bonds. The van der Waals surface area contributed by atoms with E-state index in [1.807, 2.05) is 0 Å². The number of nitrogens with zero attached hydrogens (tertiary/aromatic N) is 1. The summed E-state index contributed by atoms with van der Waals surface area (Å²) in [5.41, 5.74) is 2.63. The standard InChI is InChI=1S/C16H23NO2/c1-13-6-8-14(9-7-13)4-2-3-5-16(19)17-11-10-15(18)12-17/h6-9,15,18H,2-5,10-12H2,1H3/t15-/m1/s1. The second-order valence-corrected chi connectivity index (χ2v) is 5.47. The first-order valence-electron chi connectivity index (χ1n) is 7.16. The summed E-state index contributed by atoms with van der Waals surface area (Å²) in [7, 11) is 0. The molecule has 19 heavy (non-hydrogen) atoms. The van der Waals surface area contributed by atoms with Crippen molar-refractivity contribution in [2.75, 3.05) is 13.1 Å². The third-order valence-electron chi connectivity index (χ3n) is 3.74. The monoisotopic (exact) mass is 261 g/mol. The number of carbonyl (C=O) groups is 1. The molecular formula is C16H23NO2. The fraction of sp³-hybridized carbons (Fsp3) is 0.562. The Hall–Kier alpha value is -1.35. The van der Waals surface area contributed by atoms with Crippen molar-refractivity contribution in [1.29, 1.82) is 0 Å². The van der Waals surface area contributed by atoms with E-state index >= 15 is 0 Å². The molecule has 1 fully saturated rings. The molecule has 0 radical (unpaired) electrons. The maximum absolute atomic E-state index is 11.9. The lowest BCUT2D eigenvalue weighted by atomic mass is 10.1. The predicted molar refractivity (Wildman–Crippen MR) is 75.9 cm³/mol. The van der Waals surface area contributed by atoms with Crippen molar-refractivity contribution in [3.05, 3.63) is 35.4 Å². The Labute approximate surface area is 115 Å². The van der Waals surface area contributed by atoms with Crippen LogP contribution in [0, 0.1) is 6.92 Å². The van der Waals surface area contributed by atoms with Gasteiger partial charge in [0.15, 0.2) is 0 Å². The molecule has 3 nitrogen and oxygen atoms in total. The molecule has 1 aliphatic heterocycles. The van der Waals surface area contributed by atoms with Gasteiger partial charge in [-0.3, -0.25) is 4.79 Å². The second kappa shape index (κ2) is 6.71. The number of likely N-dealkylation sites (tertiary alicyclic amines) is 1. The van der Waals surface area contributed by atoms with E-state index in [1.54, 1.807) is 4.90 Å². The minimum absolute atomic E-state index is 0.195. The lowest BCUT2D eigenvalue weighted by molar-refractivity contribution is -0.130. The molecule has 1 aromatic carbocycles. The number of carbonyl (C=O) groups excluding carboxylic acids is 1. The first-order chi connectivity index (χ1) is 9.15. The quantitative estimate of drug-likeness (QED) is 0.826. The Bertz CT molecular complexity index is 413. The molecule has 104 valence electrons. The summed E-state index contributed by atoms with van der Waals surface area (Å²) in [6.07, 6.45) is 4.05. The highest BCUT2D eigenvalue weighted by Gasteiger charge is 2.23. The Kier molecular flexibility index (Phi) is 4.97. The van der Waals surface area contributed by atoms with E-state index in [0.29, 0.717) is 13.0 Å². The summed E-state index contributed by atoms with van der Waals surface area (Å²) in [4.78, 5) is 13.6. The minimum atomic E-state index is -0.309. The van der Waals surface area contributed by atoms with Crippen molar-refractivity contribution >= 4 is 5.91 Å². The van der Waals surface area contributed by atoms with E-state index in [4.69, 9.17) is 0 Å². The van der Waals surface area contributed by atoms with Gasteiger partial charge in [-0.15, -0.1) is 0 Å². The SMILES string of the molecule is Cc1ccc(CCCCC(=O)N2CC[C@@H](O)C2)cc1. The van der Waals surface area contributed by atoms with E-state index in [0.717, 1.165) is 32.2 Å². The predicted octanol–water partition coefficient (Wildman–Crippen LogP) is 2.30. The number of hydrogen-bond acceptors (Lipinski definition) is 2. The van der Waals surface area contributed by atoms with Crippen LogP contribution in [-0.2, 0) is 11.2 Å². The lowest BCUT2D eigenvalue weighted by Crippen LogP contribution is -2.29. The van der Waals surface area contributed by atoms with Crippen LogP contribution in [0.4, 0.5) is 0 Å². The first-order valence-corrected chi connectivity index (χ1v) is 7.16. The number of rotatable bonds is 5. The fourth-order valence-corrected chi connectivity index (χ4v) is 2.49. The van der Waals surface area contributed by atoms with Gasteiger partial charge in [0.25, 0.3) is 0 Å². The summed E-state index contributed by atoms with van der Waals surface area (Å²) >= 11 is 0. The summed E-state index contributed by atoms with van der Waals surface area (Å²) < 4.78 is 0. The van der Waals surface area contributed by atoms with Crippen LogP contribution in [0.1, 0.15) is 36.8 Å². The van der Waals surface area contributed by atoms with Gasteiger partial charge in [0.05, 0.1) is 6.10 Å². The maximum atomic E-state index is 11.9. The van der Waals surface area contributed by atoms with Crippen LogP contribution in [0.25, 0.3) is 0 Å². The van der Waals surface area contributed by atoms with Crippen LogP contribution in [0.15, 0.2) is 24.3 Å². The Balaban J connectivity index is 1.64. The van der Waals surface area contributed by atoms with Gasteiger partial charge in [0, 0.05) is 19.5 Å². The first kappa shape index (κ1) is 14.1. The molecule has 3 heteroatoms. The van der Waals surface area contributed by atoms with Crippen molar-refractivity contribution in [2.24, 2.45) is 0 Å². The molecule has 1 heterocycles. The van der Waals surface area contributed by atoms with Gasteiger partial charge in [-0.25, -0.2) is 0 Å². The topological polar surface area (TPSA) is 40.5 Å². The molecule has 2 rings (SSSR count). The maximum Gasteiger partial charge on any atom is 0.222 e. The van der Waals surface area contributed by atoms with E-state index in [-0.39, 0.29) is 12.0 Å². The number of aliphatic hydroxyl groups is 1. The number of hydrogen-bond donors (Lipinski definition) is 1. The van der Waals surface area contributed by atoms with Gasteiger partial charge in [-0.2, -0.15) is 0 Å². The van der Waals surface area contributed by atoms with Gasteiger partial charge in [-0.05, 0) is 38.2 Å². The second-order valence-electron chi connectivity index (χ2n) is 5.47. The number of β-amino-alcohol motifs (C(OH)–C–C–N with tert-alkyl or cyclic N) is 1. The summed E-state index contributed by atoms with van der Waals surface area (Å²) in [6, 6.07) is 8.58. The van der Waals surface area contributed by atoms with Gasteiger partial charge in [0.1, 0.15) is 0 Å². The Morgan fingerprint density at radius 1 is 1.32 bits per heavy atom. The Morgan fingerprint density at radius 3 is 2.68 bits per heavy atom. The number of aliphatic hydroxyl groups excluding tert-OH is 1. The molecule has 1 aliphatic rings. The summed E-state index contributed by atoms with van der Waals surface area (Å²) in [5.74, 6) is 0.195. The third kappa shape index (κ3) is 4.35. The molecule has 0 unspecified atom stereocenters. The van der Waals surface area contributed by atoms with Crippen LogP contribution >= 0.6 is 0 Å². The molecule has 0 spiro atoms. The van der Waals surface area contributed by atoms with Crippen molar-refractivity contribution in [3.8, 4) is 0 Å². The number of benzene rings is 1. The highest BCUT2D eigenvalue weighted by Crippen LogP contribution is 2.13. The molecule has 0 bridgehead atoms. The molecule has 1 aromatic rings. The van der Waals surface area contributed by atoms with Crippen molar-refractivity contribution in [1.82, 2.24) is 4.90 Å². The zero-order chi connectivity index (χ0) is 13.7. The van der Waals surface area contributed by atoms with Crippen molar-refractivity contribution in [3.63, 3.8) is 0 Å². The summed E-state index contributed by atoms with van der Waals surface area (Å²) in [6.45, 7) is 3.33. The summed E-state index contributed by atoms with van der Waals surface area (Å²) in [5, 5.41) is 9.40. The normalized spacial score (nSPS) is 18.8. The molecular weight excluding hydrogens is 238 g/mol. The minimum Gasteiger partial charge on any atom is -0.391 e. The molecule has 1 N–H and O–H groups in total. The van der Waals surface area contributed by atoms with Crippen molar-refractivity contribution < 1.29 is 9.90 Å². The highest BCUT2D eigenvalue weighted by molar-refractivity contribution is 5.76. The van der Waals surface area contributed by atoms with Gasteiger partial charge < -0.3 is 10.0 Å². The zero-order valence-corrected chi connectivity index (χ0v) is 11.6. The number of unbranched alkanes of at least 4 members (excludes halogenated alkanes) is 1. The molecule has 1 atom stereocenters. The van der Waals surface area contributed by atoms with Crippen molar-refractivity contribution in [2.45, 2.75) is 45.1 Å². The van der Waals surface area contributed by atoms with E-state index in [2.05, 4.69) is 31.2 Å². The Morgan fingerprint density at radius 2 is 2.05 bits per heavy atom. The average molecular weight is 261 g/mol. The van der Waals surface area contributed by atoms with E-state index in [9.17, 15) is 9.90 Å². The molecule has 0 aliphatic carbocycles. The van der Waals surface area contributed by atoms with Crippen LogP contribution in [0.5, 0.6) is 0 Å². The fourth-order valence-electron chi connectivity index (χ4n) is 2.49. The van der Waals surface area contributed by atoms with Crippen LogP contribution < -0.4 is 0 Å². The zero-order valence-electron chi connectivity index (χ0n) is 11.6. The largest absolute Gasteiger partial charge is 0.391 e. The number of amides is 1. The van der Waals surface area contributed by atoms with Crippen LogP contribution in [-0.4, -0.2) is 35.1 Å². The third-order valence-corrected chi connectivity index (χ3v) is 3.74. The number of aryl methyl sites for hydroxylation is 2. The molecule has 0 saturated carbocycles. The lowest BCUT2D eigenvalue weighted by Gasteiger charge is -2.15. The van der Waals surface area contributed by atoms with Crippen LogP contribution in [0.2, 0.25) is 0 Å². The van der Waals surface area contributed by atoms with E-state index < -0.39 is 0 Å². The van der Waals surface area contributed by atoms with E-state index in [1.165, 1.54) is 11.1 Å². The van der Waals surface area contributed by atoms with Gasteiger partial charge in [0.2, 0.25) is 5.91 Å². The highest BCUT2D eigenvalue weighted by atomic mass is 16.3.